The van der Waals surface area contributed by atoms with Crippen LogP contribution in [0.25, 0.3) is 10.6 Å². The van der Waals surface area contributed by atoms with Crippen LogP contribution in [0.2, 0.25) is 0 Å². The first-order chi connectivity index (χ1) is 7.72. The van der Waals surface area contributed by atoms with Crippen LogP contribution in [0.15, 0.2) is 24.3 Å². The highest BCUT2D eigenvalue weighted by Gasteiger charge is 2.12. The molecular weight excluding hydrogens is 333 g/mol. The molecule has 0 aliphatic carbocycles. The number of nitrogens with zero attached hydrogens (tertiary/aromatic N) is 2. The lowest BCUT2D eigenvalue weighted by Crippen LogP contribution is -2.11. The average molecular weight is 345 g/mol. The number of rotatable bonds is 3. The van der Waals surface area contributed by atoms with E-state index in [1.54, 1.807) is 11.3 Å². The van der Waals surface area contributed by atoms with E-state index in [2.05, 4.69) is 57.2 Å². The lowest BCUT2D eigenvalue weighted by Gasteiger charge is -2.03. The second-order valence-corrected chi connectivity index (χ2v) is 5.61. The minimum atomic E-state index is 0.257. The smallest absolute Gasteiger partial charge is 0.148 e. The predicted octanol–water partition coefficient (Wildman–Crippen LogP) is 3.09. The van der Waals surface area contributed by atoms with Gasteiger partial charge in [-0.15, -0.1) is 10.2 Å². The van der Waals surface area contributed by atoms with E-state index in [0.29, 0.717) is 0 Å². The standard InChI is InChI=1S/C11H12IN3S/c1-7(13-2)10-14-15-11(16-10)8-5-3-4-6-9(8)12/h3-7,13H,1-2H3. The maximum absolute atomic E-state index is 4.24. The van der Waals surface area contributed by atoms with Crippen LogP contribution in [-0.2, 0) is 0 Å². The summed E-state index contributed by atoms with van der Waals surface area (Å²) in [4.78, 5) is 0. The number of nitrogens with one attached hydrogen (secondary N) is 1. The monoisotopic (exact) mass is 345 g/mol. The Balaban J connectivity index is 2.35. The van der Waals surface area contributed by atoms with Crippen LogP contribution in [0, 0.1) is 3.57 Å². The largest absolute Gasteiger partial charge is 0.311 e. The Hall–Kier alpha value is -0.530. The Bertz CT molecular complexity index is 484. The summed E-state index contributed by atoms with van der Waals surface area (Å²) in [6.45, 7) is 2.08. The fourth-order valence-electron chi connectivity index (χ4n) is 1.28. The van der Waals surface area contributed by atoms with Crippen LogP contribution in [0.3, 0.4) is 0 Å². The molecule has 0 amide bonds. The molecule has 0 aliphatic rings. The molecule has 0 saturated carbocycles. The molecule has 16 heavy (non-hydrogen) atoms. The van der Waals surface area contributed by atoms with E-state index in [0.717, 1.165) is 15.6 Å². The zero-order chi connectivity index (χ0) is 11.5. The number of aromatic nitrogens is 2. The molecular formula is C11H12IN3S. The van der Waals surface area contributed by atoms with Crippen molar-refractivity contribution < 1.29 is 0 Å². The summed E-state index contributed by atoms with van der Waals surface area (Å²) in [5.41, 5.74) is 1.16. The van der Waals surface area contributed by atoms with E-state index in [1.165, 1.54) is 3.57 Å². The highest BCUT2D eigenvalue weighted by Crippen LogP contribution is 2.29. The van der Waals surface area contributed by atoms with Gasteiger partial charge in [0.15, 0.2) is 0 Å². The molecule has 1 aromatic carbocycles. The van der Waals surface area contributed by atoms with Crippen molar-refractivity contribution in [2.45, 2.75) is 13.0 Å². The third kappa shape index (κ3) is 2.41. The molecule has 0 radical (unpaired) electrons. The van der Waals surface area contributed by atoms with E-state index >= 15 is 0 Å². The Morgan fingerprint density at radius 3 is 2.75 bits per heavy atom. The molecule has 0 aliphatic heterocycles. The highest BCUT2D eigenvalue weighted by atomic mass is 127. The first-order valence-electron chi connectivity index (χ1n) is 4.98. The summed E-state index contributed by atoms with van der Waals surface area (Å²) in [6.07, 6.45) is 0. The summed E-state index contributed by atoms with van der Waals surface area (Å²) in [5, 5.41) is 13.6. The average Bonchev–Trinajstić information content (AvgIpc) is 2.78. The molecule has 1 aromatic heterocycles. The number of benzene rings is 1. The lowest BCUT2D eigenvalue weighted by molar-refractivity contribution is 0.640. The van der Waals surface area contributed by atoms with Crippen LogP contribution >= 0.6 is 33.9 Å². The summed E-state index contributed by atoms with van der Waals surface area (Å²) < 4.78 is 1.21. The topological polar surface area (TPSA) is 37.8 Å². The third-order valence-electron chi connectivity index (χ3n) is 2.35. The normalized spacial score (nSPS) is 12.7. The molecule has 0 spiro atoms. The van der Waals surface area contributed by atoms with Crippen LogP contribution in [-0.4, -0.2) is 17.2 Å². The quantitative estimate of drug-likeness (QED) is 0.869. The molecule has 1 heterocycles. The SMILES string of the molecule is CNC(C)c1nnc(-c2ccccc2I)s1. The second-order valence-electron chi connectivity index (χ2n) is 3.44. The molecule has 2 rings (SSSR count). The van der Waals surface area contributed by atoms with Crippen LogP contribution in [0.4, 0.5) is 0 Å². The molecule has 0 fully saturated rings. The van der Waals surface area contributed by atoms with Gasteiger partial charge in [0.05, 0.1) is 6.04 Å². The van der Waals surface area contributed by atoms with Crippen molar-refractivity contribution in [1.29, 1.82) is 0 Å². The van der Waals surface area contributed by atoms with Crippen molar-refractivity contribution in [3.8, 4) is 10.6 Å². The van der Waals surface area contributed by atoms with E-state index < -0.39 is 0 Å². The van der Waals surface area contributed by atoms with Crippen molar-refractivity contribution >= 4 is 33.9 Å². The van der Waals surface area contributed by atoms with Crippen LogP contribution in [0.5, 0.6) is 0 Å². The fraction of sp³-hybridized carbons (Fsp3) is 0.273. The summed E-state index contributed by atoms with van der Waals surface area (Å²) >= 11 is 3.97. The molecule has 1 atom stereocenters. The minimum absolute atomic E-state index is 0.257. The van der Waals surface area contributed by atoms with Crippen molar-refractivity contribution in [2.24, 2.45) is 0 Å². The van der Waals surface area contributed by atoms with Crippen molar-refractivity contribution in [3.05, 3.63) is 32.8 Å². The Kier molecular flexibility index (Phi) is 3.88. The first kappa shape index (κ1) is 11.9. The molecule has 3 nitrogen and oxygen atoms in total. The Morgan fingerprint density at radius 1 is 1.31 bits per heavy atom. The molecule has 1 N–H and O–H groups in total. The summed E-state index contributed by atoms with van der Waals surface area (Å²) in [5.74, 6) is 0. The molecule has 2 aromatic rings. The van der Waals surface area contributed by atoms with Crippen LogP contribution in [0.1, 0.15) is 18.0 Å². The lowest BCUT2D eigenvalue weighted by atomic mass is 10.2. The molecule has 0 bridgehead atoms. The highest BCUT2D eigenvalue weighted by molar-refractivity contribution is 14.1. The first-order valence-corrected chi connectivity index (χ1v) is 6.87. The van der Waals surface area contributed by atoms with Gasteiger partial charge in [-0.1, -0.05) is 29.5 Å². The maximum Gasteiger partial charge on any atom is 0.148 e. The summed E-state index contributed by atoms with van der Waals surface area (Å²) in [7, 11) is 1.93. The Labute approximate surface area is 112 Å². The van der Waals surface area contributed by atoms with Gasteiger partial charge in [-0.05, 0) is 42.6 Å². The Morgan fingerprint density at radius 2 is 2.06 bits per heavy atom. The van der Waals surface area contributed by atoms with Gasteiger partial charge < -0.3 is 5.32 Å². The van der Waals surface area contributed by atoms with Gasteiger partial charge in [-0.2, -0.15) is 0 Å². The zero-order valence-corrected chi connectivity index (χ0v) is 12.0. The van der Waals surface area contributed by atoms with Gasteiger partial charge in [0.1, 0.15) is 10.0 Å². The van der Waals surface area contributed by atoms with E-state index in [-0.39, 0.29) is 6.04 Å². The van der Waals surface area contributed by atoms with Crippen molar-refractivity contribution in [1.82, 2.24) is 15.5 Å². The van der Waals surface area contributed by atoms with Gasteiger partial charge in [0.2, 0.25) is 0 Å². The van der Waals surface area contributed by atoms with Gasteiger partial charge in [0.25, 0.3) is 0 Å². The molecule has 0 saturated heterocycles. The minimum Gasteiger partial charge on any atom is -0.311 e. The van der Waals surface area contributed by atoms with Crippen molar-refractivity contribution in [2.75, 3.05) is 7.05 Å². The van der Waals surface area contributed by atoms with E-state index in [4.69, 9.17) is 0 Å². The fourth-order valence-corrected chi connectivity index (χ4v) is 3.05. The predicted molar refractivity (Wildman–Crippen MR) is 75.5 cm³/mol. The number of hydrogen-bond acceptors (Lipinski definition) is 4. The van der Waals surface area contributed by atoms with Crippen LogP contribution < -0.4 is 5.32 Å². The second kappa shape index (κ2) is 5.20. The molecule has 5 heteroatoms. The summed E-state index contributed by atoms with van der Waals surface area (Å²) in [6, 6.07) is 8.48. The van der Waals surface area contributed by atoms with Gasteiger partial charge in [-0.3, -0.25) is 0 Å². The molecule has 84 valence electrons. The number of hydrogen-bond donors (Lipinski definition) is 1. The van der Waals surface area contributed by atoms with Gasteiger partial charge >= 0.3 is 0 Å². The van der Waals surface area contributed by atoms with Gasteiger partial charge in [-0.25, -0.2) is 0 Å². The zero-order valence-electron chi connectivity index (χ0n) is 9.07. The van der Waals surface area contributed by atoms with Crippen molar-refractivity contribution in [3.63, 3.8) is 0 Å². The van der Waals surface area contributed by atoms with Gasteiger partial charge in [0, 0.05) is 9.13 Å². The number of halogens is 1. The van der Waals surface area contributed by atoms with E-state index in [9.17, 15) is 0 Å². The maximum atomic E-state index is 4.24. The van der Waals surface area contributed by atoms with E-state index in [1.807, 2.05) is 19.2 Å². The third-order valence-corrected chi connectivity index (χ3v) is 4.43. The molecule has 1 unspecified atom stereocenters.